The molecule has 20 heteroatoms. The summed E-state index contributed by atoms with van der Waals surface area (Å²) >= 11 is 0. The summed E-state index contributed by atoms with van der Waals surface area (Å²) in [7, 11) is 15.7. The number of pyridine rings is 1. The van der Waals surface area contributed by atoms with Crippen LogP contribution in [0.25, 0.3) is 0 Å². The van der Waals surface area contributed by atoms with Crippen LogP contribution in [0.2, 0.25) is 0 Å². The van der Waals surface area contributed by atoms with E-state index >= 15 is 0 Å². The van der Waals surface area contributed by atoms with Gasteiger partial charge in [0.1, 0.15) is 47.0 Å². The molecule has 1 aromatic heterocycles. The lowest BCUT2D eigenvalue weighted by Crippen LogP contribution is -2.44. The smallest absolute Gasteiger partial charge is 0.416 e. The van der Waals surface area contributed by atoms with E-state index in [0.717, 1.165) is 107 Å². The van der Waals surface area contributed by atoms with Crippen molar-refractivity contribution in [3.05, 3.63) is 244 Å². The standard InChI is InChI=1S/C17H20FNO2.C15H25N3.C14H24N2O.C12H16F3N.C12H18N2.C12H19NO.C11H16FN/c1-12(2)19-11-15-16(18)5-4-6-17(15)21-14-9-7-13(20-3)8-10-14;1-13(2)16-12-14-4-6-15(7-5-14)18-10-8-17(3)9-11-18;1-12(2)15-11-13-5-7-14(8-6-13)17-10-9-16(3)4;1-9(2)16(3)8-10-5-4-6-11(7-10)12(13,14)15;1-10(2)14(12-5-6-12)9-11-4-3-7-13-8-11;1-10(2)13(3)9-11-5-7-12(14-4)8-6-11;1-9(2)13(3)8-10-4-6-11(12)7-5-10/h4-10,12,19H,11H2,1-3H3;4-7,13,16H,8-12H2,1-3H3;5-8,12,15H,9-11H2,1-4H3;4-7,9H,8H2,1-3H3;3-4,7-8,10,12H,5-6,9H2,1-2H3;5-8,10H,9H2,1-4H3;4-7,9H,8H2,1-3H3. The molecule has 15 nitrogen and oxygen atoms in total. The van der Waals surface area contributed by atoms with Gasteiger partial charge in [-0.2, -0.15) is 13.2 Å². The molecule has 2 aliphatic rings. The quantitative estimate of drug-likeness (QED) is 0.0359. The molecule has 7 aromatic carbocycles. The van der Waals surface area contributed by atoms with Gasteiger partial charge < -0.3 is 49.6 Å². The van der Waals surface area contributed by atoms with Gasteiger partial charge in [0.2, 0.25) is 0 Å². The molecule has 113 heavy (non-hydrogen) atoms. The maximum atomic E-state index is 14.0. The van der Waals surface area contributed by atoms with Crippen molar-refractivity contribution in [1.82, 2.24) is 50.3 Å². The third-order valence-electron chi connectivity index (χ3n) is 19.0. The van der Waals surface area contributed by atoms with Gasteiger partial charge in [-0.3, -0.25) is 24.6 Å². The summed E-state index contributed by atoms with van der Waals surface area (Å²) in [5.41, 5.74) is 8.44. The number of hydrogen-bond acceptors (Lipinski definition) is 15. The first-order valence-corrected chi connectivity index (χ1v) is 40.1. The van der Waals surface area contributed by atoms with E-state index in [-0.39, 0.29) is 17.7 Å². The molecule has 0 unspecified atom stereocenters. The lowest BCUT2D eigenvalue weighted by molar-refractivity contribution is -0.137. The van der Waals surface area contributed by atoms with Crippen LogP contribution in [-0.2, 0) is 52.0 Å². The third-order valence-corrected chi connectivity index (χ3v) is 19.0. The van der Waals surface area contributed by atoms with Crippen LogP contribution in [0.5, 0.6) is 28.7 Å². The van der Waals surface area contributed by atoms with E-state index in [1.54, 1.807) is 56.7 Å². The second-order valence-corrected chi connectivity index (χ2v) is 31.4. The van der Waals surface area contributed by atoms with Crippen LogP contribution in [0.1, 0.15) is 154 Å². The van der Waals surface area contributed by atoms with Gasteiger partial charge in [0.05, 0.1) is 19.8 Å². The molecule has 1 aliphatic carbocycles. The summed E-state index contributed by atoms with van der Waals surface area (Å²) in [6.45, 7) is 42.0. The molecule has 624 valence electrons. The fraction of sp³-hybridized carbons (Fsp3) is 0.495. The first-order chi connectivity index (χ1) is 53.6. The molecule has 0 amide bonds. The van der Waals surface area contributed by atoms with E-state index in [0.29, 0.717) is 72.0 Å². The van der Waals surface area contributed by atoms with Crippen LogP contribution in [0.3, 0.4) is 0 Å². The Balaban J connectivity index is 0.000000279. The number of anilines is 1. The van der Waals surface area contributed by atoms with Crippen LogP contribution < -0.4 is 39.8 Å². The molecule has 0 bridgehead atoms. The molecule has 2 fully saturated rings. The first-order valence-electron chi connectivity index (χ1n) is 40.1. The van der Waals surface area contributed by atoms with E-state index in [2.05, 4.69) is 195 Å². The van der Waals surface area contributed by atoms with Crippen molar-refractivity contribution < 1.29 is 40.9 Å². The van der Waals surface area contributed by atoms with Crippen LogP contribution in [0, 0.1) is 11.6 Å². The molecule has 0 radical (unpaired) electrons. The lowest BCUT2D eigenvalue weighted by atomic mass is 10.1. The van der Waals surface area contributed by atoms with Crippen molar-refractivity contribution in [1.29, 1.82) is 0 Å². The zero-order chi connectivity index (χ0) is 83.6. The molecular weight excluding hydrogens is 1430 g/mol. The molecule has 2 heterocycles. The van der Waals surface area contributed by atoms with Gasteiger partial charge in [0.15, 0.2) is 0 Å². The van der Waals surface area contributed by atoms with Crippen molar-refractivity contribution in [2.75, 3.05) is 101 Å². The first kappa shape index (κ1) is 97.3. The number of methoxy groups -OCH3 is 2. The van der Waals surface area contributed by atoms with Gasteiger partial charge in [0, 0.05) is 151 Å². The number of nitrogens with zero attached hydrogens (tertiary/aromatic N) is 8. The lowest BCUT2D eigenvalue weighted by Gasteiger charge is -2.34. The van der Waals surface area contributed by atoms with Crippen molar-refractivity contribution >= 4 is 5.69 Å². The molecular formula is C93H138F5N11O4. The fourth-order valence-corrected chi connectivity index (χ4v) is 10.9. The third kappa shape index (κ3) is 41.2. The number of rotatable bonds is 31. The number of aromatic nitrogens is 1. The fourth-order valence-electron chi connectivity index (χ4n) is 10.9. The SMILES string of the molecule is CC(C)N(C)Cc1ccc(F)cc1.CC(C)N(C)Cc1cccc(C(F)(F)F)c1.CC(C)N(Cc1cccnc1)C1CC1.CC(C)NCc1ccc(N2CCN(C)CC2)cc1.CC(C)NCc1ccc(OCCN(C)C)cc1.COc1ccc(CN(C)C(C)C)cc1.COc1ccc(Oc2cccc(F)c2CNC(C)C)cc1. The number of likely N-dealkylation sites (N-methyl/N-ethyl adjacent to an activating group) is 2. The number of benzene rings is 7. The number of nitrogens with one attached hydrogen (secondary N) is 3. The van der Waals surface area contributed by atoms with Crippen molar-refractivity contribution in [3.63, 3.8) is 0 Å². The number of piperazine rings is 1. The van der Waals surface area contributed by atoms with Crippen LogP contribution in [0.15, 0.2) is 188 Å². The average molecular weight is 1570 g/mol. The van der Waals surface area contributed by atoms with Gasteiger partial charge in [-0.25, -0.2) is 8.78 Å². The Morgan fingerprint density at radius 1 is 0.469 bits per heavy atom. The second-order valence-electron chi connectivity index (χ2n) is 31.4. The van der Waals surface area contributed by atoms with Crippen molar-refractivity contribution in [3.8, 4) is 28.7 Å². The maximum Gasteiger partial charge on any atom is 0.416 e. The Kier molecular flexibility index (Phi) is 45.2. The highest BCUT2D eigenvalue weighted by Crippen LogP contribution is 2.32. The summed E-state index contributed by atoms with van der Waals surface area (Å²) in [4.78, 5) is 20.2. The molecule has 3 N–H and O–H groups in total. The highest BCUT2D eigenvalue weighted by molar-refractivity contribution is 5.48. The number of hydrogen-bond donors (Lipinski definition) is 3. The number of ether oxygens (including phenoxy) is 4. The van der Waals surface area contributed by atoms with Gasteiger partial charge in [-0.1, -0.05) is 120 Å². The summed E-state index contributed by atoms with van der Waals surface area (Å²) in [5.74, 6) is 3.34. The maximum absolute atomic E-state index is 14.0. The summed E-state index contributed by atoms with van der Waals surface area (Å²) in [6, 6.07) is 58.1. The summed E-state index contributed by atoms with van der Waals surface area (Å²) in [6.07, 6.45) is 2.29. The predicted molar refractivity (Wildman–Crippen MR) is 461 cm³/mol. The topological polar surface area (TPSA) is 109 Å². The zero-order valence-electron chi connectivity index (χ0n) is 72.2. The monoisotopic (exact) mass is 1570 g/mol. The molecule has 1 saturated heterocycles. The van der Waals surface area contributed by atoms with Gasteiger partial charge in [-0.05, 0) is 241 Å². The van der Waals surface area contributed by atoms with E-state index in [1.807, 2.05) is 109 Å². The van der Waals surface area contributed by atoms with Crippen molar-refractivity contribution in [2.45, 2.75) is 210 Å². The Hall–Kier alpha value is -8.02. The molecule has 10 rings (SSSR count). The average Bonchev–Trinajstić information content (AvgIpc) is 1.83. The largest absolute Gasteiger partial charge is 0.497 e. The van der Waals surface area contributed by atoms with Crippen LogP contribution >= 0.6 is 0 Å². The van der Waals surface area contributed by atoms with Gasteiger partial charge >= 0.3 is 6.18 Å². The van der Waals surface area contributed by atoms with E-state index in [1.165, 1.54) is 71.1 Å². The Bertz CT molecular complexity index is 3760. The van der Waals surface area contributed by atoms with Gasteiger partial charge in [-0.15, -0.1) is 0 Å². The molecule has 0 atom stereocenters. The van der Waals surface area contributed by atoms with E-state index in [9.17, 15) is 22.0 Å². The van der Waals surface area contributed by atoms with E-state index in [4.69, 9.17) is 18.9 Å². The number of halogens is 5. The Morgan fingerprint density at radius 2 is 0.912 bits per heavy atom. The molecule has 0 spiro atoms. The molecule has 1 aliphatic heterocycles. The minimum Gasteiger partial charge on any atom is -0.497 e. The molecule has 1 saturated carbocycles. The number of alkyl halides is 3. The normalized spacial score (nSPS) is 12.9. The highest BCUT2D eigenvalue weighted by Gasteiger charge is 2.31. The Labute approximate surface area is 677 Å². The second kappa shape index (κ2) is 52.5. The van der Waals surface area contributed by atoms with Gasteiger partial charge in [0.25, 0.3) is 0 Å². The van der Waals surface area contributed by atoms with Crippen molar-refractivity contribution in [2.24, 2.45) is 0 Å². The van der Waals surface area contributed by atoms with E-state index < -0.39 is 11.7 Å². The Morgan fingerprint density at radius 3 is 1.36 bits per heavy atom. The molecule has 8 aromatic rings. The van der Waals surface area contributed by atoms with Crippen LogP contribution in [-0.4, -0.2) is 179 Å². The zero-order valence-corrected chi connectivity index (χ0v) is 72.2. The summed E-state index contributed by atoms with van der Waals surface area (Å²) < 4.78 is 85.5. The van der Waals surface area contributed by atoms with Crippen LogP contribution in [0.4, 0.5) is 27.6 Å². The predicted octanol–water partition coefficient (Wildman–Crippen LogP) is 19.4. The minimum absolute atomic E-state index is 0.170. The highest BCUT2D eigenvalue weighted by atomic mass is 19.4. The minimum atomic E-state index is -4.26. The summed E-state index contributed by atoms with van der Waals surface area (Å²) in [5, 5.41) is 10.0.